The van der Waals surface area contributed by atoms with Crippen molar-refractivity contribution < 1.29 is 28.4 Å². The third-order valence-electron chi connectivity index (χ3n) is 11.4. The number of carbonyl (C=O) groups excluding carboxylic acids is 3. The van der Waals surface area contributed by atoms with Crippen LogP contribution in [0.15, 0.2) is 60.9 Å². The van der Waals surface area contributed by atoms with E-state index in [4.69, 9.17) is 14.5 Å². The number of carbonyl (C=O) groups is 3. The number of aromatic nitrogens is 4. The first kappa shape index (κ1) is 32.2. The van der Waals surface area contributed by atoms with Gasteiger partial charge in [0.25, 0.3) is 5.82 Å². The molecule has 0 aliphatic carbocycles. The van der Waals surface area contributed by atoms with E-state index in [0.717, 1.165) is 83.8 Å². The van der Waals surface area contributed by atoms with Gasteiger partial charge in [0.05, 0.1) is 25.0 Å². The van der Waals surface area contributed by atoms with Crippen molar-refractivity contribution in [3.05, 3.63) is 72.6 Å². The normalized spacial score (nSPS) is 24.2. The molecule has 12 nitrogen and oxygen atoms in total. The number of ether oxygens (including phenoxy) is 2. The molecule has 50 heavy (non-hydrogen) atoms. The van der Waals surface area contributed by atoms with E-state index in [2.05, 4.69) is 73.3 Å². The highest BCUT2D eigenvalue weighted by molar-refractivity contribution is 5.86. The van der Waals surface area contributed by atoms with Crippen molar-refractivity contribution in [2.75, 3.05) is 26.9 Å². The number of hydrogen-bond donors (Lipinski definition) is 3. The molecule has 0 bridgehead atoms. The molecule has 4 aliphatic heterocycles. The SMILES string of the molecule is COC(=O)NC1C(=O)N2CCCC2c2[nH]c(-c3ccc(-c4ccc(-c5cnc(C6CCC7(CCOCC7)N6C(C)=O)[nH]5)cc4)cc3)c[n+]2C1C. The molecule has 3 N–H and O–H groups in total. The van der Waals surface area contributed by atoms with Crippen LogP contribution in [0.25, 0.3) is 33.6 Å². The highest BCUT2D eigenvalue weighted by Gasteiger charge is 2.50. The predicted molar refractivity (Wildman–Crippen MR) is 184 cm³/mol. The number of aromatic amines is 2. The number of imidazole rings is 2. The first-order chi connectivity index (χ1) is 24.3. The molecule has 0 radical (unpaired) electrons. The molecule has 1 spiro atoms. The zero-order chi connectivity index (χ0) is 34.6. The minimum atomic E-state index is -0.723. The Labute approximate surface area is 291 Å². The van der Waals surface area contributed by atoms with E-state index in [1.165, 1.54) is 7.11 Å². The molecule has 8 rings (SSSR count). The van der Waals surface area contributed by atoms with Crippen LogP contribution in [0.5, 0.6) is 0 Å². The summed E-state index contributed by atoms with van der Waals surface area (Å²) < 4.78 is 12.6. The van der Waals surface area contributed by atoms with Gasteiger partial charge >= 0.3 is 6.09 Å². The smallest absolute Gasteiger partial charge is 0.407 e. The molecule has 260 valence electrons. The van der Waals surface area contributed by atoms with Crippen LogP contribution >= 0.6 is 0 Å². The van der Waals surface area contributed by atoms with E-state index in [1.807, 2.05) is 24.2 Å². The Morgan fingerprint density at radius 3 is 2.26 bits per heavy atom. The summed E-state index contributed by atoms with van der Waals surface area (Å²) in [4.78, 5) is 54.3. The average Bonchev–Trinajstić information content (AvgIpc) is 3.95. The molecule has 3 saturated heterocycles. The Morgan fingerprint density at radius 1 is 0.940 bits per heavy atom. The Morgan fingerprint density at radius 2 is 1.60 bits per heavy atom. The Bertz CT molecular complexity index is 1910. The van der Waals surface area contributed by atoms with Crippen LogP contribution in [-0.2, 0) is 19.1 Å². The van der Waals surface area contributed by atoms with Crippen LogP contribution in [-0.4, -0.2) is 81.1 Å². The molecule has 4 unspecified atom stereocenters. The lowest BCUT2D eigenvalue weighted by Gasteiger charge is -2.42. The lowest BCUT2D eigenvalue weighted by atomic mass is 9.87. The van der Waals surface area contributed by atoms with Gasteiger partial charge in [0.1, 0.15) is 24.1 Å². The van der Waals surface area contributed by atoms with E-state index < -0.39 is 12.1 Å². The molecule has 2 aromatic carbocycles. The number of fused-ring (bicyclic) bond motifs is 3. The zero-order valence-electron chi connectivity index (χ0n) is 28.8. The Hall–Kier alpha value is -4.97. The van der Waals surface area contributed by atoms with E-state index in [0.29, 0.717) is 19.8 Å². The molecule has 3 amide bonds. The maximum Gasteiger partial charge on any atom is 0.407 e. The summed E-state index contributed by atoms with van der Waals surface area (Å²) in [6.07, 6.45) is 8.72. The second kappa shape index (κ2) is 12.7. The first-order valence-electron chi connectivity index (χ1n) is 17.7. The van der Waals surface area contributed by atoms with E-state index in [9.17, 15) is 14.4 Å². The number of hydrogen-bond acceptors (Lipinski definition) is 6. The Balaban J connectivity index is 0.996. The van der Waals surface area contributed by atoms with Crippen molar-refractivity contribution in [2.45, 2.75) is 82.1 Å². The van der Waals surface area contributed by atoms with Crippen LogP contribution < -0.4 is 9.88 Å². The van der Waals surface area contributed by atoms with Crippen molar-refractivity contribution in [3.8, 4) is 33.6 Å². The standard InChI is InChI=1S/C38H43N7O5/c1-23-33(42-37(48)49-3)36(47)43-18-4-5-32(43)35-41-30(22-44(23)35)28-12-8-26(9-13-28)25-6-10-27(11-7-25)29-21-39-34(40-29)31-14-15-38(45(31)24(2)46)16-19-50-20-17-38/h6-13,21-23,31-33H,4-5,14-20H2,1-3H3,(H2,39,40,42,48)/p+1. The lowest BCUT2D eigenvalue weighted by Crippen LogP contribution is -2.55. The van der Waals surface area contributed by atoms with Gasteiger partial charge in [-0.15, -0.1) is 0 Å². The maximum atomic E-state index is 13.4. The van der Waals surface area contributed by atoms with Gasteiger partial charge in [-0.05, 0) is 74.3 Å². The molecule has 6 heterocycles. The van der Waals surface area contributed by atoms with Crippen molar-refractivity contribution in [1.82, 2.24) is 30.1 Å². The van der Waals surface area contributed by atoms with E-state index >= 15 is 0 Å². The molecule has 3 fully saturated rings. The number of nitrogens with one attached hydrogen (secondary N) is 3. The van der Waals surface area contributed by atoms with E-state index in [-0.39, 0.29) is 35.5 Å². The summed E-state index contributed by atoms with van der Waals surface area (Å²) in [5.74, 6) is 1.83. The number of benzene rings is 2. The number of methoxy groups -OCH3 is 1. The second-order valence-electron chi connectivity index (χ2n) is 14.1. The summed E-state index contributed by atoms with van der Waals surface area (Å²) in [5.41, 5.74) is 6.03. The summed E-state index contributed by atoms with van der Waals surface area (Å²) in [5, 5.41) is 2.77. The second-order valence-corrected chi connectivity index (χ2v) is 14.1. The van der Waals surface area contributed by atoms with Crippen LogP contribution in [0.2, 0.25) is 0 Å². The number of alkyl carbamates (subject to hydrolysis) is 1. The van der Waals surface area contributed by atoms with Gasteiger partial charge in [0.15, 0.2) is 11.7 Å². The first-order valence-corrected chi connectivity index (χ1v) is 17.7. The number of rotatable bonds is 5. The number of nitrogens with zero attached hydrogens (tertiary/aromatic N) is 4. The molecular weight excluding hydrogens is 634 g/mol. The van der Waals surface area contributed by atoms with E-state index in [1.54, 1.807) is 6.92 Å². The molecule has 4 atom stereocenters. The van der Waals surface area contributed by atoms with Gasteiger partial charge in [0, 0.05) is 37.8 Å². The Kier molecular flexibility index (Phi) is 8.21. The number of amides is 3. The third kappa shape index (κ3) is 5.46. The summed E-state index contributed by atoms with van der Waals surface area (Å²) >= 11 is 0. The fourth-order valence-corrected chi connectivity index (χ4v) is 8.79. The minimum absolute atomic E-state index is 0.0500. The van der Waals surface area contributed by atoms with Crippen molar-refractivity contribution >= 4 is 17.9 Å². The number of likely N-dealkylation sites (tertiary alicyclic amines) is 1. The fraction of sp³-hybridized carbons (Fsp3) is 0.447. The van der Waals surface area contributed by atoms with Gasteiger partial charge in [-0.25, -0.2) is 19.3 Å². The minimum Gasteiger partial charge on any atom is -0.453 e. The van der Waals surface area contributed by atoms with Crippen molar-refractivity contribution in [2.24, 2.45) is 0 Å². The van der Waals surface area contributed by atoms with Gasteiger partial charge in [-0.2, -0.15) is 0 Å². The summed E-state index contributed by atoms with van der Waals surface area (Å²) in [6, 6.07) is 15.8. The van der Waals surface area contributed by atoms with Crippen molar-refractivity contribution in [1.29, 1.82) is 0 Å². The molecule has 4 aliphatic rings. The van der Waals surface area contributed by atoms with Crippen LogP contribution in [0, 0.1) is 0 Å². The van der Waals surface area contributed by atoms with Crippen LogP contribution in [0.1, 0.15) is 82.1 Å². The zero-order valence-corrected chi connectivity index (χ0v) is 28.8. The maximum absolute atomic E-state index is 13.4. The topological polar surface area (TPSA) is 137 Å². The van der Waals surface area contributed by atoms with Gasteiger partial charge < -0.3 is 29.6 Å². The van der Waals surface area contributed by atoms with Crippen LogP contribution in [0.3, 0.4) is 0 Å². The molecule has 0 saturated carbocycles. The van der Waals surface area contributed by atoms with Gasteiger partial charge in [-0.1, -0.05) is 36.4 Å². The third-order valence-corrected chi connectivity index (χ3v) is 11.4. The highest BCUT2D eigenvalue weighted by Crippen LogP contribution is 2.47. The fourth-order valence-electron chi connectivity index (χ4n) is 8.79. The number of H-pyrrole nitrogens is 2. The molecule has 4 aromatic rings. The average molecular weight is 679 g/mol. The summed E-state index contributed by atoms with van der Waals surface area (Å²) in [6.45, 7) is 5.68. The molecular formula is C38H44N7O5+. The van der Waals surface area contributed by atoms with Gasteiger partial charge in [-0.3, -0.25) is 9.59 Å². The monoisotopic (exact) mass is 678 g/mol. The van der Waals surface area contributed by atoms with Crippen molar-refractivity contribution in [3.63, 3.8) is 0 Å². The van der Waals surface area contributed by atoms with Crippen LogP contribution in [0.4, 0.5) is 4.79 Å². The lowest BCUT2D eigenvalue weighted by molar-refractivity contribution is -0.726. The summed E-state index contributed by atoms with van der Waals surface area (Å²) in [7, 11) is 1.31. The molecule has 12 heteroatoms. The quantitative estimate of drug-likeness (QED) is 0.248. The molecule has 2 aromatic heterocycles. The van der Waals surface area contributed by atoms with Gasteiger partial charge in [0.2, 0.25) is 11.8 Å². The highest BCUT2D eigenvalue weighted by atomic mass is 16.5. The predicted octanol–water partition coefficient (Wildman–Crippen LogP) is 5.22. The largest absolute Gasteiger partial charge is 0.453 e.